The molecule has 2 amide bonds. The Hall–Kier alpha value is -2.80. The van der Waals surface area contributed by atoms with Gasteiger partial charge >= 0.3 is 16.1 Å². The minimum atomic E-state index is -3.92. The third-order valence-electron chi connectivity index (χ3n) is 3.47. The first-order valence-electron chi connectivity index (χ1n) is 7.31. The lowest BCUT2D eigenvalue weighted by molar-refractivity contribution is 0.248. The highest BCUT2D eigenvalue weighted by molar-refractivity contribution is 7.87. The second-order valence-corrected chi connectivity index (χ2v) is 6.83. The van der Waals surface area contributed by atoms with Gasteiger partial charge in [-0.25, -0.2) is 4.79 Å². The standard InChI is InChI=1S/C17H16N2O4S/c1-13-3-7-15(8-4-13)23-24(21,22)16-9-5-14(6-10-16)19-12-2-11-18-17(19)20/h2-10,12H,11H2,1H3,(H,18,20). The first kappa shape index (κ1) is 16.1. The van der Waals surface area contributed by atoms with Gasteiger partial charge in [-0.15, -0.1) is 0 Å². The van der Waals surface area contributed by atoms with E-state index in [1.807, 2.05) is 6.92 Å². The van der Waals surface area contributed by atoms with Crippen molar-refractivity contribution in [2.45, 2.75) is 11.8 Å². The Morgan fingerprint density at radius 3 is 2.33 bits per heavy atom. The monoisotopic (exact) mass is 344 g/mol. The predicted molar refractivity (Wildman–Crippen MR) is 90.5 cm³/mol. The van der Waals surface area contributed by atoms with Gasteiger partial charge in [0.1, 0.15) is 10.6 Å². The molecule has 0 spiro atoms. The molecule has 0 radical (unpaired) electrons. The van der Waals surface area contributed by atoms with E-state index < -0.39 is 10.1 Å². The van der Waals surface area contributed by atoms with Crippen molar-refractivity contribution in [3.8, 4) is 5.75 Å². The Morgan fingerprint density at radius 1 is 1.04 bits per heavy atom. The molecule has 0 atom stereocenters. The normalized spacial score (nSPS) is 14.4. The number of carbonyl (C=O) groups is 1. The van der Waals surface area contributed by atoms with Crippen LogP contribution in [0.4, 0.5) is 10.5 Å². The van der Waals surface area contributed by atoms with Gasteiger partial charge in [-0.05, 0) is 49.4 Å². The molecule has 0 aromatic heterocycles. The molecule has 7 heteroatoms. The second-order valence-electron chi connectivity index (χ2n) is 5.29. The summed E-state index contributed by atoms with van der Waals surface area (Å²) in [4.78, 5) is 13.2. The average Bonchev–Trinajstić information content (AvgIpc) is 2.57. The van der Waals surface area contributed by atoms with Gasteiger partial charge in [0.2, 0.25) is 0 Å². The summed E-state index contributed by atoms with van der Waals surface area (Å²) < 4.78 is 29.7. The fourth-order valence-corrected chi connectivity index (χ4v) is 3.13. The van der Waals surface area contributed by atoms with Crippen molar-refractivity contribution < 1.29 is 17.4 Å². The van der Waals surface area contributed by atoms with Gasteiger partial charge in [-0.1, -0.05) is 17.7 Å². The number of benzene rings is 2. The quantitative estimate of drug-likeness (QED) is 0.866. The van der Waals surface area contributed by atoms with Crippen molar-refractivity contribution in [1.29, 1.82) is 0 Å². The number of carbonyl (C=O) groups excluding carboxylic acids is 1. The molecule has 24 heavy (non-hydrogen) atoms. The molecule has 1 aliphatic rings. The number of nitrogens with one attached hydrogen (secondary N) is 1. The van der Waals surface area contributed by atoms with E-state index in [9.17, 15) is 13.2 Å². The summed E-state index contributed by atoms with van der Waals surface area (Å²) in [5.41, 5.74) is 1.58. The SMILES string of the molecule is Cc1ccc(OS(=O)(=O)c2ccc(N3C=CCNC3=O)cc2)cc1. The molecule has 124 valence electrons. The smallest absolute Gasteiger partial charge is 0.339 e. The van der Waals surface area contributed by atoms with E-state index in [4.69, 9.17) is 4.18 Å². The van der Waals surface area contributed by atoms with Crippen LogP contribution < -0.4 is 14.4 Å². The molecule has 6 nitrogen and oxygen atoms in total. The third-order valence-corrected chi connectivity index (χ3v) is 4.74. The molecule has 1 N–H and O–H groups in total. The van der Waals surface area contributed by atoms with Crippen LogP contribution in [-0.4, -0.2) is 21.0 Å². The summed E-state index contributed by atoms with van der Waals surface area (Å²) in [5.74, 6) is 0.253. The van der Waals surface area contributed by atoms with Crippen LogP contribution in [0.3, 0.4) is 0 Å². The Balaban J connectivity index is 1.81. The van der Waals surface area contributed by atoms with Gasteiger partial charge < -0.3 is 9.50 Å². The fourth-order valence-electron chi connectivity index (χ4n) is 2.20. The summed E-state index contributed by atoms with van der Waals surface area (Å²) in [7, 11) is -3.92. The minimum absolute atomic E-state index is 0.0215. The average molecular weight is 344 g/mol. The number of hydrogen-bond donors (Lipinski definition) is 1. The van der Waals surface area contributed by atoms with Gasteiger partial charge in [0.15, 0.2) is 0 Å². The predicted octanol–water partition coefficient (Wildman–Crippen LogP) is 2.81. The highest BCUT2D eigenvalue weighted by Gasteiger charge is 2.19. The van der Waals surface area contributed by atoms with Crippen LogP contribution in [0.1, 0.15) is 5.56 Å². The Kier molecular flexibility index (Phi) is 4.26. The van der Waals surface area contributed by atoms with Gasteiger partial charge in [0, 0.05) is 12.7 Å². The Morgan fingerprint density at radius 2 is 1.71 bits per heavy atom. The topological polar surface area (TPSA) is 75.7 Å². The van der Waals surface area contributed by atoms with Crippen LogP contribution in [-0.2, 0) is 10.1 Å². The van der Waals surface area contributed by atoms with Crippen molar-refractivity contribution in [3.63, 3.8) is 0 Å². The molecule has 2 aromatic rings. The number of anilines is 1. The maximum Gasteiger partial charge on any atom is 0.339 e. The molecule has 2 aromatic carbocycles. The zero-order chi connectivity index (χ0) is 17.2. The highest BCUT2D eigenvalue weighted by Crippen LogP contribution is 2.23. The summed E-state index contributed by atoms with van der Waals surface area (Å²) in [5, 5.41) is 2.67. The number of nitrogens with zero attached hydrogens (tertiary/aromatic N) is 1. The summed E-state index contributed by atoms with van der Waals surface area (Å²) in [6.45, 7) is 2.38. The van der Waals surface area contributed by atoms with Crippen LogP contribution in [0.15, 0.2) is 65.7 Å². The number of hydrogen-bond acceptors (Lipinski definition) is 4. The summed E-state index contributed by atoms with van der Waals surface area (Å²) >= 11 is 0. The molecule has 3 rings (SSSR count). The number of amides is 2. The molecular weight excluding hydrogens is 328 g/mol. The molecule has 0 saturated carbocycles. The molecule has 0 saturated heterocycles. The lowest BCUT2D eigenvalue weighted by Gasteiger charge is -2.22. The van der Waals surface area contributed by atoms with Crippen LogP contribution in [0.25, 0.3) is 0 Å². The van der Waals surface area contributed by atoms with E-state index in [-0.39, 0.29) is 16.7 Å². The third kappa shape index (κ3) is 3.41. The van der Waals surface area contributed by atoms with Gasteiger partial charge in [0.05, 0.1) is 5.69 Å². The van der Waals surface area contributed by atoms with Crippen molar-refractivity contribution >= 4 is 21.8 Å². The lowest BCUT2D eigenvalue weighted by Crippen LogP contribution is -2.39. The van der Waals surface area contributed by atoms with Gasteiger partial charge in [-0.3, -0.25) is 4.90 Å². The highest BCUT2D eigenvalue weighted by atomic mass is 32.2. The van der Waals surface area contributed by atoms with Crippen molar-refractivity contribution in [2.75, 3.05) is 11.4 Å². The number of rotatable bonds is 4. The fraction of sp³-hybridized carbons (Fsp3) is 0.118. The first-order valence-corrected chi connectivity index (χ1v) is 8.71. The molecule has 1 heterocycles. The Labute approximate surface area is 140 Å². The van der Waals surface area contributed by atoms with Gasteiger partial charge in [-0.2, -0.15) is 8.42 Å². The minimum Gasteiger partial charge on any atom is -0.379 e. The molecule has 0 aliphatic carbocycles. The van der Waals surface area contributed by atoms with E-state index in [2.05, 4.69) is 5.32 Å². The Bertz CT molecular complexity index is 872. The van der Waals surface area contributed by atoms with E-state index in [0.717, 1.165) is 5.56 Å². The largest absolute Gasteiger partial charge is 0.379 e. The van der Waals surface area contributed by atoms with Crippen LogP contribution >= 0.6 is 0 Å². The molecule has 0 bridgehead atoms. The van der Waals surface area contributed by atoms with Crippen LogP contribution in [0.5, 0.6) is 5.75 Å². The molecule has 0 fully saturated rings. The lowest BCUT2D eigenvalue weighted by atomic mass is 10.2. The van der Waals surface area contributed by atoms with E-state index >= 15 is 0 Å². The summed E-state index contributed by atoms with van der Waals surface area (Å²) in [6.07, 6.45) is 3.44. The van der Waals surface area contributed by atoms with Crippen molar-refractivity contribution in [1.82, 2.24) is 5.32 Å². The zero-order valence-corrected chi connectivity index (χ0v) is 13.8. The first-order chi connectivity index (χ1) is 11.5. The van der Waals surface area contributed by atoms with Gasteiger partial charge in [0.25, 0.3) is 0 Å². The second kappa shape index (κ2) is 6.37. The van der Waals surface area contributed by atoms with Crippen LogP contribution in [0, 0.1) is 6.92 Å². The molecule has 0 unspecified atom stereocenters. The number of urea groups is 1. The maximum absolute atomic E-state index is 12.3. The van der Waals surface area contributed by atoms with Crippen molar-refractivity contribution in [2.24, 2.45) is 0 Å². The molecule has 1 aliphatic heterocycles. The maximum atomic E-state index is 12.3. The van der Waals surface area contributed by atoms with E-state index in [1.54, 1.807) is 48.7 Å². The number of aryl methyl sites for hydroxylation is 1. The van der Waals surface area contributed by atoms with Crippen molar-refractivity contribution in [3.05, 3.63) is 66.4 Å². The van der Waals surface area contributed by atoms with E-state index in [1.165, 1.54) is 17.0 Å². The van der Waals surface area contributed by atoms with Crippen LogP contribution in [0.2, 0.25) is 0 Å². The summed E-state index contributed by atoms with van der Waals surface area (Å²) in [6, 6.07) is 12.4. The molecular formula is C17H16N2O4S. The van der Waals surface area contributed by atoms with E-state index in [0.29, 0.717) is 12.2 Å². The zero-order valence-electron chi connectivity index (χ0n) is 13.0.